The second-order valence-corrected chi connectivity index (χ2v) is 7.12. The van der Waals surface area contributed by atoms with Gasteiger partial charge in [0.2, 0.25) is 0 Å². The summed E-state index contributed by atoms with van der Waals surface area (Å²) in [5.41, 5.74) is 2.71. The van der Waals surface area contributed by atoms with Gasteiger partial charge in [0.15, 0.2) is 0 Å². The molecule has 0 aliphatic carbocycles. The molecule has 0 radical (unpaired) electrons. The first-order valence-corrected chi connectivity index (χ1v) is 9.70. The van der Waals surface area contributed by atoms with Crippen molar-refractivity contribution in [3.05, 3.63) is 58.9 Å². The fourth-order valence-corrected chi connectivity index (χ4v) is 3.16. The number of unbranched alkanes of at least 4 members (excludes halogenated alkanes) is 2. The van der Waals surface area contributed by atoms with Gasteiger partial charge in [-0.15, -0.1) is 0 Å². The average molecular weight is 364 g/mol. The van der Waals surface area contributed by atoms with E-state index < -0.39 is 0 Å². The highest BCUT2D eigenvalue weighted by molar-refractivity contribution is 5.94. The summed E-state index contributed by atoms with van der Waals surface area (Å²) >= 11 is 0. The van der Waals surface area contributed by atoms with E-state index >= 15 is 0 Å². The molecule has 27 heavy (non-hydrogen) atoms. The smallest absolute Gasteiger partial charge is 0.272 e. The number of H-pyrrole nitrogens is 1. The molecule has 3 aromatic rings. The van der Waals surface area contributed by atoms with Gasteiger partial charge >= 0.3 is 0 Å². The molecule has 0 fully saturated rings. The molecule has 1 heterocycles. The Hall–Kier alpha value is -2.66. The Morgan fingerprint density at radius 2 is 1.74 bits per heavy atom. The van der Waals surface area contributed by atoms with Crippen LogP contribution in [-0.2, 0) is 0 Å². The highest BCUT2D eigenvalue weighted by Gasteiger charge is 2.08. The fraction of sp³-hybridized carbons (Fsp3) is 0.364. The van der Waals surface area contributed by atoms with Crippen LogP contribution in [0.1, 0.15) is 33.1 Å². The predicted molar refractivity (Wildman–Crippen MR) is 113 cm³/mol. The molecule has 3 N–H and O–H groups in total. The molecule has 0 saturated carbocycles. The summed E-state index contributed by atoms with van der Waals surface area (Å²) in [7, 11) is 0. The minimum atomic E-state index is -0.157. The first-order chi connectivity index (χ1) is 13.1. The first-order valence-electron chi connectivity index (χ1n) is 9.70. The van der Waals surface area contributed by atoms with Crippen molar-refractivity contribution in [1.29, 1.82) is 0 Å². The maximum atomic E-state index is 12.0. The Labute approximate surface area is 160 Å². The van der Waals surface area contributed by atoms with Crippen LogP contribution in [0.2, 0.25) is 0 Å². The van der Waals surface area contributed by atoms with E-state index in [9.17, 15) is 4.79 Å². The van der Waals surface area contributed by atoms with Crippen LogP contribution in [0.25, 0.3) is 22.0 Å². The summed E-state index contributed by atoms with van der Waals surface area (Å²) in [5.74, 6) is 0. The average Bonchev–Trinajstić information content (AvgIpc) is 2.68. The van der Waals surface area contributed by atoms with Crippen molar-refractivity contribution < 1.29 is 0 Å². The highest BCUT2D eigenvalue weighted by Crippen LogP contribution is 2.26. The molecule has 2 aromatic carbocycles. The number of anilines is 1. The van der Waals surface area contributed by atoms with Crippen LogP contribution >= 0.6 is 0 Å². The lowest BCUT2D eigenvalue weighted by Gasteiger charge is -2.10. The van der Waals surface area contributed by atoms with Crippen molar-refractivity contribution in [3.8, 4) is 11.3 Å². The molecule has 0 spiro atoms. The SMILES string of the molecule is CC(C)NCCCCCNc1cccc(-c2n[nH]c(=O)c3ccccc23)c1. The Morgan fingerprint density at radius 1 is 0.963 bits per heavy atom. The molecule has 0 bridgehead atoms. The Bertz CT molecular complexity index is 933. The minimum Gasteiger partial charge on any atom is -0.385 e. The number of benzene rings is 2. The zero-order valence-electron chi connectivity index (χ0n) is 16.1. The summed E-state index contributed by atoms with van der Waals surface area (Å²) in [6.07, 6.45) is 3.55. The third-order valence-corrected chi connectivity index (χ3v) is 4.57. The van der Waals surface area contributed by atoms with Crippen molar-refractivity contribution in [2.45, 2.75) is 39.2 Å². The van der Waals surface area contributed by atoms with Gasteiger partial charge in [-0.05, 0) is 37.6 Å². The van der Waals surface area contributed by atoms with Crippen LogP contribution in [0.3, 0.4) is 0 Å². The van der Waals surface area contributed by atoms with Gasteiger partial charge in [0.25, 0.3) is 5.56 Å². The molecule has 0 unspecified atom stereocenters. The molecular weight excluding hydrogens is 336 g/mol. The number of hydrogen-bond acceptors (Lipinski definition) is 4. The van der Waals surface area contributed by atoms with Crippen molar-refractivity contribution in [3.63, 3.8) is 0 Å². The summed E-state index contributed by atoms with van der Waals surface area (Å²) in [4.78, 5) is 12.0. The topological polar surface area (TPSA) is 69.8 Å². The second kappa shape index (κ2) is 9.33. The maximum absolute atomic E-state index is 12.0. The molecule has 0 aliphatic heterocycles. The number of nitrogens with one attached hydrogen (secondary N) is 3. The number of aromatic amines is 1. The molecular formula is C22H28N4O. The Morgan fingerprint density at radius 3 is 2.56 bits per heavy atom. The molecule has 5 nitrogen and oxygen atoms in total. The van der Waals surface area contributed by atoms with Gasteiger partial charge in [-0.25, -0.2) is 5.10 Å². The first kappa shape index (κ1) is 19.1. The molecule has 0 saturated heterocycles. The van der Waals surface area contributed by atoms with Gasteiger partial charge in [0.05, 0.1) is 11.1 Å². The van der Waals surface area contributed by atoms with Gasteiger partial charge in [-0.1, -0.05) is 50.6 Å². The van der Waals surface area contributed by atoms with Crippen LogP contribution in [0.4, 0.5) is 5.69 Å². The third-order valence-electron chi connectivity index (χ3n) is 4.57. The number of fused-ring (bicyclic) bond motifs is 1. The van der Waals surface area contributed by atoms with E-state index in [0.29, 0.717) is 11.4 Å². The number of nitrogens with zero attached hydrogens (tertiary/aromatic N) is 1. The summed E-state index contributed by atoms with van der Waals surface area (Å²) in [5, 5.41) is 15.4. The summed E-state index contributed by atoms with van der Waals surface area (Å²) < 4.78 is 0. The Kier molecular flexibility index (Phi) is 6.60. The predicted octanol–water partition coefficient (Wildman–Crippen LogP) is 4.17. The van der Waals surface area contributed by atoms with Gasteiger partial charge in [-0.3, -0.25) is 4.79 Å². The van der Waals surface area contributed by atoms with Crippen molar-refractivity contribution in [2.24, 2.45) is 0 Å². The molecule has 0 atom stereocenters. The number of aromatic nitrogens is 2. The summed E-state index contributed by atoms with van der Waals surface area (Å²) in [6, 6.07) is 16.3. The van der Waals surface area contributed by atoms with Crippen molar-refractivity contribution in [1.82, 2.24) is 15.5 Å². The van der Waals surface area contributed by atoms with Gasteiger partial charge in [0.1, 0.15) is 0 Å². The van der Waals surface area contributed by atoms with E-state index in [2.05, 4.69) is 46.8 Å². The van der Waals surface area contributed by atoms with Crippen LogP contribution in [0, 0.1) is 0 Å². The monoisotopic (exact) mass is 364 g/mol. The van der Waals surface area contributed by atoms with E-state index in [1.807, 2.05) is 36.4 Å². The zero-order chi connectivity index (χ0) is 19.1. The van der Waals surface area contributed by atoms with Gasteiger partial charge in [0, 0.05) is 29.2 Å². The molecule has 5 heteroatoms. The number of rotatable bonds is 9. The van der Waals surface area contributed by atoms with Crippen LogP contribution in [0.15, 0.2) is 53.3 Å². The molecule has 1 aromatic heterocycles. The van der Waals surface area contributed by atoms with E-state index in [1.165, 1.54) is 12.8 Å². The highest BCUT2D eigenvalue weighted by atomic mass is 16.1. The van der Waals surface area contributed by atoms with E-state index in [4.69, 9.17) is 0 Å². The van der Waals surface area contributed by atoms with Gasteiger partial charge < -0.3 is 10.6 Å². The van der Waals surface area contributed by atoms with Crippen molar-refractivity contribution in [2.75, 3.05) is 18.4 Å². The quantitative estimate of drug-likeness (QED) is 0.498. The molecule has 0 amide bonds. The van der Waals surface area contributed by atoms with E-state index in [-0.39, 0.29) is 5.56 Å². The maximum Gasteiger partial charge on any atom is 0.272 e. The fourth-order valence-electron chi connectivity index (χ4n) is 3.16. The largest absolute Gasteiger partial charge is 0.385 e. The lowest BCUT2D eigenvalue weighted by Crippen LogP contribution is -2.23. The van der Waals surface area contributed by atoms with Gasteiger partial charge in [-0.2, -0.15) is 5.10 Å². The van der Waals surface area contributed by atoms with Crippen LogP contribution in [0.5, 0.6) is 0 Å². The van der Waals surface area contributed by atoms with E-state index in [0.717, 1.165) is 41.8 Å². The summed E-state index contributed by atoms with van der Waals surface area (Å²) in [6.45, 7) is 6.38. The zero-order valence-corrected chi connectivity index (χ0v) is 16.1. The molecule has 3 rings (SSSR count). The molecule has 0 aliphatic rings. The van der Waals surface area contributed by atoms with Crippen LogP contribution < -0.4 is 16.2 Å². The number of hydrogen-bond donors (Lipinski definition) is 3. The molecule has 142 valence electrons. The van der Waals surface area contributed by atoms with E-state index in [1.54, 1.807) is 0 Å². The second-order valence-electron chi connectivity index (χ2n) is 7.12. The third kappa shape index (κ3) is 5.17. The van der Waals surface area contributed by atoms with Crippen molar-refractivity contribution >= 4 is 16.5 Å². The normalized spacial score (nSPS) is 11.2. The Balaban J connectivity index is 1.63. The van der Waals surface area contributed by atoms with Crippen LogP contribution in [-0.4, -0.2) is 29.3 Å². The lowest BCUT2D eigenvalue weighted by atomic mass is 10.0. The lowest BCUT2D eigenvalue weighted by molar-refractivity contribution is 0.552. The minimum absolute atomic E-state index is 0.157. The standard InChI is InChI=1S/C22H28N4O/c1-16(2)23-13-6-3-7-14-24-18-10-8-9-17(15-18)21-19-11-4-5-12-20(19)22(27)26-25-21/h4-5,8-12,15-16,23-24H,3,6-7,13-14H2,1-2H3,(H,26,27).